The van der Waals surface area contributed by atoms with Crippen LogP contribution in [0.15, 0.2) is 24.3 Å². The number of rotatable bonds is 9. The summed E-state index contributed by atoms with van der Waals surface area (Å²) >= 11 is 0. The number of alkyl carbamates (subject to hydrolysis) is 1. The first kappa shape index (κ1) is 30.4. The second-order valence-electron chi connectivity index (χ2n) is 10.5. The fraction of sp³-hybridized carbons (Fsp3) is 0.609. The summed E-state index contributed by atoms with van der Waals surface area (Å²) in [5.74, 6) is -1.69. The molecule has 1 rings (SSSR count). The molecule has 0 radical (unpaired) electrons. The van der Waals surface area contributed by atoms with Gasteiger partial charge in [-0.15, -0.1) is 13.2 Å². The number of benzene rings is 1. The lowest BCUT2D eigenvalue weighted by Gasteiger charge is -2.37. The molecule has 35 heavy (non-hydrogen) atoms. The summed E-state index contributed by atoms with van der Waals surface area (Å²) in [4.78, 5) is 37.5. The first-order valence-corrected chi connectivity index (χ1v) is 13.9. The zero-order valence-corrected chi connectivity index (χ0v) is 22.4. The third-order valence-electron chi connectivity index (χ3n) is 5.27. The van der Waals surface area contributed by atoms with E-state index in [1.807, 2.05) is 33.9 Å². The van der Waals surface area contributed by atoms with E-state index in [0.29, 0.717) is 0 Å². The Hall–Kier alpha value is -2.60. The zero-order valence-electron chi connectivity index (χ0n) is 21.4. The van der Waals surface area contributed by atoms with Gasteiger partial charge in [-0.25, -0.2) is 4.79 Å². The Morgan fingerprint density at radius 1 is 0.971 bits per heavy atom. The van der Waals surface area contributed by atoms with Crippen molar-refractivity contribution in [3.8, 4) is 5.75 Å². The number of ether oxygens (including phenoxy) is 2. The van der Waals surface area contributed by atoms with Gasteiger partial charge >= 0.3 is 12.5 Å². The molecule has 0 saturated carbocycles. The second-order valence-corrected chi connectivity index (χ2v) is 15.3. The average Bonchev–Trinajstić information content (AvgIpc) is 2.66. The highest BCUT2D eigenvalue weighted by Crippen LogP contribution is 2.36. The minimum Gasteiger partial charge on any atom is -0.444 e. The molecule has 0 aliphatic carbocycles. The molecule has 12 heteroatoms. The molecule has 2 amide bonds. The van der Waals surface area contributed by atoms with Crippen molar-refractivity contribution in [3.63, 3.8) is 0 Å². The predicted molar refractivity (Wildman–Crippen MR) is 127 cm³/mol. The van der Waals surface area contributed by atoms with Crippen LogP contribution in [-0.2, 0) is 14.0 Å². The number of alkyl halides is 3. The number of nitrogens with one attached hydrogen (secondary N) is 2. The van der Waals surface area contributed by atoms with E-state index in [4.69, 9.17) is 9.16 Å². The largest absolute Gasteiger partial charge is 0.573 e. The van der Waals surface area contributed by atoms with E-state index < -0.39 is 56.4 Å². The van der Waals surface area contributed by atoms with E-state index in [1.165, 1.54) is 0 Å². The van der Waals surface area contributed by atoms with Crippen molar-refractivity contribution in [1.29, 1.82) is 0 Å². The second kappa shape index (κ2) is 11.4. The van der Waals surface area contributed by atoms with Crippen LogP contribution in [0, 0.1) is 0 Å². The smallest absolute Gasteiger partial charge is 0.444 e. The fourth-order valence-electron chi connectivity index (χ4n) is 2.37. The van der Waals surface area contributed by atoms with Gasteiger partial charge in [0.1, 0.15) is 17.4 Å². The SMILES string of the molecule is CC(C)(C)OC(=O)N[C@@H](CO[Si](C)(C)C(C)(C)C)C(=O)CNC(=O)c1ccc(OC(F)(F)F)cc1. The Bertz CT molecular complexity index is 890. The third-order valence-corrected chi connectivity index (χ3v) is 9.77. The van der Waals surface area contributed by atoms with E-state index in [0.717, 1.165) is 24.3 Å². The maximum absolute atomic E-state index is 12.9. The number of halogens is 3. The van der Waals surface area contributed by atoms with Crippen LogP contribution in [0.1, 0.15) is 51.9 Å². The van der Waals surface area contributed by atoms with Crippen LogP contribution in [0.5, 0.6) is 5.75 Å². The van der Waals surface area contributed by atoms with E-state index in [2.05, 4.69) is 15.4 Å². The van der Waals surface area contributed by atoms with Crippen molar-refractivity contribution in [2.75, 3.05) is 13.2 Å². The Balaban J connectivity index is 2.86. The van der Waals surface area contributed by atoms with Crippen LogP contribution in [0.2, 0.25) is 18.1 Å². The Morgan fingerprint density at radius 3 is 1.97 bits per heavy atom. The van der Waals surface area contributed by atoms with E-state index in [-0.39, 0.29) is 17.2 Å². The lowest BCUT2D eigenvalue weighted by Crippen LogP contribution is -2.52. The topological polar surface area (TPSA) is 103 Å². The van der Waals surface area contributed by atoms with E-state index in [1.54, 1.807) is 20.8 Å². The number of hydrogen-bond acceptors (Lipinski definition) is 6. The highest BCUT2D eigenvalue weighted by Gasteiger charge is 2.38. The van der Waals surface area contributed by atoms with E-state index >= 15 is 0 Å². The maximum Gasteiger partial charge on any atom is 0.573 e. The third kappa shape index (κ3) is 11.1. The van der Waals surface area contributed by atoms with Gasteiger partial charge in [0.2, 0.25) is 0 Å². The van der Waals surface area contributed by atoms with E-state index in [9.17, 15) is 27.6 Å². The van der Waals surface area contributed by atoms with Crippen molar-refractivity contribution in [3.05, 3.63) is 29.8 Å². The highest BCUT2D eigenvalue weighted by atomic mass is 28.4. The average molecular weight is 521 g/mol. The van der Waals surface area contributed by atoms with Crippen molar-refractivity contribution in [2.24, 2.45) is 0 Å². The first-order chi connectivity index (χ1) is 15.7. The van der Waals surface area contributed by atoms with Crippen molar-refractivity contribution in [1.82, 2.24) is 10.6 Å². The highest BCUT2D eigenvalue weighted by molar-refractivity contribution is 6.74. The summed E-state index contributed by atoms with van der Waals surface area (Å²) in [6.07, 6.45) is -5.65. The summed E-state index contributed by atoms with van der Waals surface area (Å²) in [7, 11) is -2.26. The summed E-state index contributed by atoms with van der Waals surface area (Å²) < 4.78 is 51.9. The van der Waals surface area contributed by atoms with Crippen molar-refractivity contribution < 1.29 is 41.5 Å². The van der Waals surface area contributed by atoms with Crippen molar-refractivity contribution >= 4 is 26.1 Å². The number of carbonyl (C=O) groups excluding carboxylic acids is 3. The molecule has 0 unspecified atom stereocenters. The van der Waals surface area contributed by atoms with Gasteiger partial charge in [-0.1, -0.05) is 20.8 Å². The number of hydrogen-bond donors (Lipinski definition) is 2. The van der Waals surface area contributed by atoms with Gasteiger partial charge in [-0.3, -0.25) is 9.59 Å². The van der Waals surface area contributed by atoms with Crippen LogP contribution in [0.4, 0.5) is 18.0 Å². The fourth-order valence-corrected chi connectivity index (χ4v) is 3.39. The van der Waals surface area contributed by atoms with Gasteiger partial charge in [-0.2, -0.15) is 0 Å². The monoisotopic (exact) mass is 520 g/mol. The zero-order chi connectivity index (χ0) is 27.2. The molecule has 1 atom stereocenters. The quantitative estimate of drug-likeness (QED) is 0.454. The molecule has 0 aromatic heterocycles. The van der Waals surface area contributed by atoms with Crippen LogP contribution in [0.3, 0.4) is 0 Å². The number of Topliss-reactive ketones (excluding diaryl/α,β-unsaturated/α-hetero) is 1. The van der Waals surface area contributed by atoms with Gasteiger partial charge in [0.15, 0.2) is 14.1 Å². The number of amides is 2. The molecule has 0 aliphatic rings. The van der Waals surface area contributed by atoms with Gasteiger partial charge in [0.25, 0.3) is 5.91 Å². The minimum absolute atomic E-state index is 0.0292. The molecule has 0 aliphatic heterocycles. The number of carbonyl (C=O) groups is 3. The van der Waals surface area contributed by atoms with Crippen LogP contribution in [-0.4, -0.2) is 57.3 Å². The van der Waals surface area contributed by atoms with Crippen LogP contribution < -0.4 is 15.4 Å². The molecule has 0 saturated heterocycles. The first-order valence-electron chi connectivity index (χ1n) is 11.0. The molecule has 0 bridgehead atoms. The summed E-state index contributed by atoms with van der Waals surface area (Å²) in [6, 6.07) is 3.17. The molecule has 0 spiro atoms. The molecule has 0 heterocycles. The van der Waals surface area contributed by atoms with Gasteiger partial charge < -0.3 is 24.5 Å². The molecule has 0 fully saturated rings. The van der Waals surface area contributed by atoms with Gasteiger partial charge in [0, 0.05) is 5.56 Å². The Morgan fingerprint density at radius 2 is 1.51 bits per heavy atom. The molecule has 198 valence electrons. The summed E-state index contributed by atoms with van der Waals surface area (Å²) in [5, 5.41) is 4.77. The molecule has 8 nitrogen and oxygen atoms in total. The maximum atomic E-state index is 12.9. The summed E-state index contributed by atoms with van der Waals surface area (Å²) in [5.41, 5.74) is -0.754. The van der Waals surface area contributed by atoms with Crippen LogP contribution >= 0.6 is 0 Å². The lowest BCUT2D eigenvalue weighted by molar-refractivity contribution is -0.274. The number of ketones is 1. The standard InChI is InChI=1S/C23H35F3N2O6Si/c1-21(2,3)34-20(31)28-17(14-32-35(7,8)22(4,5)6)18(29)13-27-19(30)15-9-11-16(12-10-15)33-23(24,25)26/h9-12,17H,13-14H2,1-8H3,(H,27,30)(H,28,31)/t17-/m0/s1. The van der Waals surface area contributed by atoms with Crippen molar-refractivity contribution in [2.45, 2.75) is 77.7 Å². The Kier molecular flexibility index (Phi) is 9.93. The predicted octanol–water partition coefficient (Wildman–Crippen LogP) is 4.80. The molecular weight excluding hydrogens is 485 g/mol. The van der Waals surface area contributed by atoms with Gasteiger partial charge in [0.05, 0.1) is 13.2 Å². The lowest BCUT2D eigenvalue weighted by atomic mass is 10.1. The normalized spacial score (nSPS) is 13.6. The molecule has 1 aromatic carbocycles. The Labute approximate surface area is 205 Å². The van der Waals surface area contributed by atoms with Gasteiger partial charge in [-0.05, 0) is 63.2 Å². The minimum atomic E-state index is -4.85. The molecule has 1 aromatic rings. The summed E-state index contributed by atoms with van der Waals surface area (Å²) in [6.45, 7) is 14.6. The molecular formula is C23H35F3N2O6Si. The van der Waals surface area contributed by atoms with Crippen LogP contribution in [0.25, 0.3) is 0 Å². The molecule has 2 N–H and O–H groups in total.